The van der Waals surface area contributed by atoms with Crippen molar-refractivity contribution in [3.05, 3.63) is 42.7 Å². The lowest BCUT2D eigenvalue weighted by Crippen LogP contribution is -2.16. The number of nitrogens with zero attached hydrogens (tertiary/aromatic N) is 4. The predicted molar refractivity (Wildman–Crippen MR) is 91.5 cm³/mol. The molecule has 124 valence electrons. The Morgan fingerprint density at radius 2 is 2.12 bits per heavy atom. The Labute approximate surface area is 140 Å². The lowest BCUT2D eigenvalue weighted by atomic mass is 10.1. The van der Waals surface area contributed by atoms with E-state index in [9.17, 15) is 4.79 Å². The summed E-state index contributed by atoms with van der Waals surface area (Å²) in [6.07, 6.45) is 5.54. The third-order valence-electron chi connectivity index (χ3n) is 3.68. The van der Waals surface area contributed by atoms with Crippen molar-refractivity contribution in [3.8, 4) is 11.3 Å². The fourth-order valence-corrected chi connectivity index (χ4v) is 2.43. The summed E-state index contributed by atoms with van der Waals surface area (Å²) in [4.78, 5) is 24.9. The molecule has 0 bridgehead atoms. The fraction of sp³-hybridized carbons (Fsp3) is 0.333. The molecule has 0 N–H and O–H groups in total. The number of benzene rings is 1. The number of hydrogen-bond donors (Lipinski definition) is 0. The molecule has 3 rings (SSSR count). The highest BCUT2D eigenvalue weighted by molar-refractivity contribution is 5.84. The molecule has 0 aliphatic carbocycles. The average Bonchev–Trinajstić information content (AvgIpc) is 2.98. The van der Waals surface area contributed by atoms with Crippen LogP contribution in [0.4, 0.5) is 0 Å². The number of carbonyl (C=O) groups is 1. The van der Waals surface area contributed by atoms with Gasteiger partial charge in [0.05, 0.1) is 36.3 Å². The lowest BCUT2D eigenvalue weighted by Gasteiger charge is -2.07. The maximum absolute atomic E-state index is 11.9. The van der Waals surface area contributed by atoms with Crippen LogP contribution in [-0.2, 0) is 23.0 Å². The highest BCUT2D eigenvalue weighted by Gasteiger charge is 2.10. The number of imidazole rings is 1. The van der Waals surface area contributed by atoms with Gasteiger partial charge in [0.25, 0.3) is 0 Å². The number of hydrogen-bond acceptors (Lipinski definition) is 5. The summed E-state index contributed by atoms with van der Waals surface area (Å²) in [6.45, 7) is 3.90. The topological polar surface area (TPSA) is 69.9 Å². The molecule has 0 unspecified atom stereocenters. The first-order valence-corrected chi connectivity index (χ1v) is 7.88. The molecule has 3 aromatic rings. The Morgan fingerprint density at radius 3 is 2.83 bits per heavy atom. The second-order valence-corrected chi connectivity index (χ2v) is 6.02. The van der Waals surface area contributed by atoms with Gasteiger partial charge in [-0.15, -0.1) is 0 Å². The summed E-state index contributed by atoms with van der Waals surface area (Å²) in [5, 5.41) is 0.940. The van der Waals surface area contributed by atoms with Gasteiger partial charge in [0.15, 0.2) is 5.78 Å². The minimum absolute atomic E-state index is 0.0224. The Kier molecular flexibility index (Phi) is 4.66. The van der Waals surface area contributed by atoms with Crippen LogP contribution in [0.15, 0.2) is 36.9 Å². The molecule has 24 heavy (non-hydrogen) atoms. The zero-order valence-electron chi connectivity index (χ0n) is 14.1. The van der Waals surface area contributed by atoms with E-state index in [2.05, 4.69) is 15.0 Å². The number of fused-ring (bicyclic) bond motifs is 1. The summed E-state index contributed by atoms with van der Waals surface area (Å²) in [7, 11) is 1.95. The van der Waals surface area contributed by atoms with Gasteiger partial charge in [0.2, 0.25) is 0 Å². The molecule has 0 fully saturated rings. The number of aryl methyl sites for hydroxylation is 1. The third-order valence-corrected chi connectivity index (χ3v) is 3.68. The van der Waals surface area contributed by atoms with E-state index in [-0.39, 0.29) is 24.9 Å². The van der Waals surface area contributed by atoms with Gasteiger partial charge in [0.1, 0.15) is 12.4 Å². The summed E-state index contributed by atoms with van der Waals surface area (Å²) in [6, 6.07) is 5.99. The van der Waals surface area contributed by atoms with Crippen molar-refractivity contribution in [2.24, 2.45) is 7.05 Å². The van der Waals surface area contributed by atoms with Crippen LogP contribution in [0.25, 0.3) is 22.2 Å². The molecular weight excluding hydrogens is 304 g/mol. The largest absolute Gasteiger partial charge is 0.371 e. The molecule has 6 nitrogen and oxygen atoms in total. The number of carbonyl (C=O) groups excluding carboxylic acids is 1. The first kappa shape index (κ1) is 16.3. The monoisotopic (exact) mass is 324 g/mol. The van der Waals surface area contributed by atoms with Gasteiger partial charge in [0, 0.05) is 24.2 Å². The molecule has 0 aliphatic rings. The van der Waals surface area contributed by atoms with Gasteiger partial charge >= 0.3 is 0 Å². The Morgan fingerprint density at radius 1 is 1.29 bits per heavy atom. The van der Waals surface area contributed by atoms with Gasteiger partial charge in [-0.25, -0.2) is 15.0 Å². The van der Waals surface area contributed by atoms with Gasteiger partial charge in [-0.3, -0.25) is 4.79 Å². The van der Waals surface area contributed by atoms with Crippen LogP contribution in [-0.4, -0.2) is 38.0 Å². The van der Waals surface area contributed by atoms with Gasteiger partial charge in [-0.2, -0.15) is 0 Å². The van der Waals surface area contributed by atoms with E-state index in [0.29, 0.717) is 5.82 Å². The maximum atomic E-state index is 11.9. The van der Waals surface area contributed by atoms with Crippen LogP contribution in [0.3, 0.4) is 0 Å². The van der Waals surface area contributed by atoms with E-state index in [1.54, 1.807) is 12.5 Å². The molecule has 0 saturated carbocycles. The fourth-order valence-electron chi connectivity index (χ4n) is 2.43. The van der Waals surface area contributed by atoms with Crippen LogP contribution in [0.5, 0.6) is 0 Å². The van der Waals surface area contributed by atoms with Gasteiger partial charge < -0.3 is 9.30 Å². The Balaban J connectivity index is 1.84. The van der Waals surface area contributed by atoms with Gasteiger partial charge in [-0.1, -0.05) is 12.1 Å². The molecule has 2 aromatic heterocycles. The molecule has 0 atom stereocenters. The highest BCUT2D eigenvalue weighted by Crippen LogP contribution is 2.22. The number of ketones is 1. The summed E-state index contributed by atoms with van der Waals surface area (Å²) in [5.41, 5.74) is 2.86. The molecule has 6 heteroatoms. The van der Waals surface area contributed by atoms with Crippen LogP contribution >= 0.6 is 0 Å². The lowest BCUT2D eigenvalue weighted by molar-refractivity contribution is -0.124. The number of Topliss-reactive ketones (excluding diaryl/α,β-unsaturated/α-hetero) is 1. The van der Waals surface area contributed by atoms with Crippen LogP contribution in [0.2, 0.25) is 0 Å². The minimum Gasteiger partial charge on any atom is -0.371 e. The highest BCUT2D eigenvalue weighted by atomic mass is 16.5. The minimum atomic E-state index is -0.0224. The molecule has 0 aliphatic heterocycles. The molecule has 2 heterocycles. The van der Waals surface area contributed by atoms with Crippen LogP contribution < -0.4 is 0 Å². The standard InChI is InChI=1S/C18H20N4O2/c1-12(2)24-10-15(23)7-18-20-8-14-5-4-13(6-16(14)21-18)17-9-19-11-22(17)3/h4-6,8-9,11-12H,7,10H2,1-3H3. The predicted octanol–water partition coefficient (Wildman–Crippen LogP) is 2.57. The zero-order valence-corrected chi connectivity index (χ0v) is 14.1. The van der Waals surface area contributed by atoms with E-state index < -0.39 is 0 Å². The molecule has 0 saturated heterocycles. The van der Waals surface area contributed by atoms with Crippen molar-refractivity contribution >= 4 is 16.7 Å². The normalized spacial score (nSPS) is 11.3. The zero-order chi connectivity index (χ0) is 17.1. The summed E-state index contributed by atoms with van der Waals surface area (Å²) in [5.74, 6) is 0.493. The number of rotatable bonds is 6. The summed E-state index contributed by atoms with van der Waals surface area (Å²) >= 11 is 0. The SMILES string of the molecule is CC(C)OCC(=O)Cc1ncc2ccc(-c3cncn3C)cc2n1. The second-order valence-electron chi connectivity index (χ2n) is 6.02. The van der Waals surface area contributed by atoms with Crippen molar-refractivity contribution in [3.63, 3.8) is 0 Å². The molecule has 1 aromatic carbocycles. The smallest absolute Gasteiger partial charge is 0.166 e. The molecule has 0 spiro atoms. The first-order chi connectivity index (χ1) is 11.5. The van der Waals surface area contributed by atoms with Crippen molar-refractivity contribution in [1.82, 2.24) is 19.5 Å². The first-order valence-electron chi connectivity index (χ1n) is 7.88. The quantitative estimate of drug-likeness (QED) is 0.697. The third kappa shape index (κ3) is 3.65. The van der Waals surface area contributed by atoms with E-state index in [4.69, 9.17) is 4.74 Å². The van der Waals surface area contributed by atoms with Crippen molar-refractivity contribution in [1.29, 1.82) is 0 Å². The Bertz CT molecular complexity index is 870. The van der Waals surface area contributed by atoms with Crippen LogP contribution in [0.1, 0.15) is 19.7 Å². The van der Waals surface area contributed by atoms with E-state index in [1.165, 1.54) is 0 Å². The van der Waals surface area contributed by atoms with E-state index in [0.717, 1.165) is 22.2 Å². The second kappa shape index (κ2) is 6.88. The summed E-state index contributed by atoms with van der Waals surface area (Å²) < 4.78 is 7.28. The molecular formula is C18H20N4O2. The van der Waals surface area contributed by atoms with Crippen molar-refractivity contribution < 1.29 is 9.53 Å². The van der Waals surface area contributed by atoms with Crippen molar-refractivity contribution in [2.45, 2.75) is 26.4 Å². The molecule has 0 radical (unpaired) electrons. The number of aromatic nitrogens is 4. The van der Waals surface area contributed by atoms with Crippen LogP contribution in [0, 0.1) is 0 Å². The Hall–Kier alpha value is -2.60. The van der Waals surface area contributed by atoms with E-state index in [1.807, 2.05) is 49.9 Å². The van der Waals surface area contributed by atoms with Gasteiger partial charge in [-0.05, 0) is 19.9 Å². The maximum Gasteiger partial charge on any atom is 0.166 e. The average molecular weight is 324 g/mol. The number of ether oxygens (including phenoxy) is 1. The molecule has 0 amide bonds. The van der Waals surface area contributed by atoms with Crippen molar-refractivity contribution in [2.75, 3.05) is 6.61 Å². The van der Waals surface area contributed by atoms with E-state index >= 15 is 0 Å².